The average molecular weight is 240 g/mol. The number of hydrogen-bond donors (Lipinski definition) is 2. The van der Waals surface area contributed by atoms with Crippen LogP contribution in [0.15, 0.2) is 24.3 Å². The molecule has 0 aromatic heterocycles. The summed E-state index contributed by atoms with van der Waals surface area (Å²) in [4.78, 5) is 10.7. The Morgan fingerprint density at radius 1 is 1.29 bits per heavy atom. The van der Waals surface area contributed by atoms with Crippen LogP contribution < -0.4 is 4.74 Å². The smallest absolute Gasteiger partial charge is 0.151 e. The molecule has 0 saturated heterocycles. The van der Waals surface area contributed by atoms with Crippen LogP contribution in [0.5, 0.6) is 5.75 Å². The summed E-state index contributed by atoms with van der Waals surface area (Å²) < 4.78 is 4.99. The van der Waals surface area contributed by atoms with Gasteiger partial charge in [-0.15, -0.1) is 0 Å². The van der Waals surface area contributed by atoms with E-state index in [9.17, 15) is 4.79 Å². The fourth-order valence-electron chi connectivity index (χ4n) is 1.03. The fourth-order valence-corrected chi connectivity index (χ4v) is 1.03. The molecule has 0 amide bonds. The number of carbonyl (C=O) groups is 1. The lowest BCUT2D eigenvalue weighted by Gasteiger charge is -2.00. The maximum Gasteiger partial charge on any atom is 0.151 e. The number of hydrogen-bond acceptors (Lipinski definition) is 4. The van der Waals surface area contributed by atoms with Gasteiger partial charge in [-0.05, 0) is 31.0 Å². The summed E-state index contributed by atoms with van der Waals surface area (Å²) in [5.41, 5.74) is 1.03. The van der Waals surface area contributed by atoms with Crippen molar-refractivity contribution in [2.24, 2.45) is 0 Å². The maximum atomic E-state index is 10.7. The molecule has 1 aromatic rings. The van der Waals surface area contributed by atoms with E-state index in [0.717, 1.165) is 11.3 Å². The molecule has 0 aliphatic carbocycles. The summed E-state index contributed by atoms with van der Waals surface area (Å²) in [6.07, 6.45) is -0.195. The first kappa shape index (κ1) is 15.6. The molecule has 1 aromatic carbocycles. The fraction of sp³-hybridized carbons (Fsp3) is 0.462. The summed E-state index contributed by atoms with van der Waals surface area (Å²) >= 11 is 0. The summed E-state index contributed by atoms with van der Waals surface area (Å²) in [7, 11) is 1.62. The summed E-state index contributed by atoms with van der Waals surface area (Å²) in [5.74, 6) is 1.00. The molecule has 0 radical (unpaired) electrons. The Morgan fingerprint density at radius 3 is 2.06 bits per heavy atom. The Labute approximate surface area is 102 Å². The van der Waals surface area contributed by atoms with E-state index in [1.54, 1.807) is 21.0 Å². The lowest BCUT2D eigenvalue weighted by atomic mass is 10.1. The van der Waals surface area contributed by atoms with Gasteiger partial charge in [-0.1, -0.05) is 19.1 Å². The van der Waals surface area contributed by atoms with Gasteiger partial charge < -0.3 is 14.9 Å². The maximum absolute atomic E-state index is 10.7. The molecule has 1 rings (SSSR count). The third kappa shape index (κ3) is 8.42. The molecule has 0 unspecified atom stereocenters. The van der Waals surface area contributed by atoms with Crippen LogP contribution in [0.25, 0.3) is 0 Å². The molecule has 4 heteroatoms. The third-order valence-corrected chi connectivity index (χ3v) is 1.98. The van der Waals surface area contributed by atoms with E-state index in [1.165, 1.54) is 0 Å². The van der Waals surface area contributed by atoms with Crippen molar-refractivity contribution >= 4 is 5.78 Å². The van der Waals surface area contributed by atoms with Crippen LogP contribution >= 0.6 is 0 Å². The zero-order valence-electron chi connectivity index (χ0n) is 10.5. The summed E-state index contributed by atoms with van der Waals surface area (Å²) in [6.45, 7) is 3.29. The standard InChI is InChI=1S/C10H12O2.C3H8O2/c1-8(11)7-9-3-5-10(12-2)6-4-9;1-2-3(4)5/h3-6H,7H2,1-2H3;3-5H,2H2,1H3. The predicted octanol–water partition coefficient (Wildman–Crippen LogP) is 1.53. The number of Topliss-reactive ketones (excluding diaryl/α,β-unsaturated/α-hetero) is 1. The number of ketones is 1. The van der Waals surface area contributed by atoms with Gasteiger partial charge in [0.2, 0.25) is 0 Å². The second-order valence-electron chi connectivity index (χ2n) is 3.62. The molecular weight excluding hydrogens is 220 g/mol. The Balaban J connectivity index is 0.000000437. The van der Waals surface area contributed by atoms with Crippen molar-refractivity contribution in [1.82, 2.24) is 0 Å². The molecule has 0 aliphatic rings. The van der Waals surface area contributed by atoms with Crippen molar-refractivity contribution in [3.8, 4) is 5.75 Å². The molecule has 2 N–H and O–H groups in total. The molecule has 0 fully saturated rings. The van der Waals surface area contributed by atoms with E-state index in [0.29, 0.717) is 12.8 Å². The van der Waals surface area contributed by atoms with Gasteiger partial charge in [-0.3, -0.25) is 4.79 Å². The first-order valence-electron chi connectivity index (χ1n) is 5.48. The highest BCUT2D eigenvalue weighted by atomic mass is 16.5. The van der Waals surface area contributed by atoms with Gasteiger partial charge in [-0.2, -0.15) is 0 Å². The van der Waals surface area contributed by atoms with E-state index in [2.05, 4.69) is 0 Å². The molecule has 96 valence electrons. The van der Waals surface area contributed by atoms with E-state index in [4.69, 9.17) is 14.9 Å². The average Bonchev–Trinajstić information content (AvgIpc) is 2.30. The Kier molecular flexibility index (Phi) is 8.01. The predicted molar refractivity (Wildman–Crippen MR) is 65.9 cm³/mol. The topological polar surface area (TPSA) is 66.8 Å². The van der Waals surface area contributed by atoms with E-state index < -0.39 is 6.29 Å². The molecule has 0 bridgehead atoms. The molecule has 4 nitrogen and oxygen atoms in total. The van der Waals surface area contributed by atoms with Gasteiger partial charge in [0.15, 0.2) is 6.29 Å². The lowest BCUT2D eigenvalue weighted by molar-refractivity contribution is -0.116. The Hall–Kier alpha value is -1.39. The van der Waals surface area contributed by atoms with Crippen LogP contribution in [0.2, 0.25) is 0 Å². The Morgan fingerprint density at radius 2 is 1.76 bits per heavy atom. The monoisotopic (exact) mass is 240 g/mol. The van der Waals surface area contributed by atoms with Crippen molar-refractivity contribution in [2.45, 2.75) is 33.0 Å². The van der Waals surface area contributed by atoms with Crippen LogP contribution in [-0.2, 0) is 11.2 Å². The molecule has 0 spiro atoms. The van der Waals surface area contributed by atoms with E-state index in [-0.39, 0.29) is 5.78 Å². The number of aliphatic hydroxyl groups is 2. The van der Waals surface area contributed by atoms with E-state index in [1.807, 2.05) is 24.3 Å². The highest BCUT2D eigenvalue weighted by Gasteiger charge is 1.96. The van der Waals surface area contributed by atoms with Crippen LogP contribution in [0.3, 0.4) is 0 Å². The van der Waals surface area contributed by atoms with Crippen molar-refractivity contribution < 1.29 is 19.7 Å². The van der Waals surface area contributed by atoms with Gasteiger partial charge in [0.25, 0.3) is 0 Å². The lowest BCUT2D eigenvalue weighted by Crippen LogP contribution is -1.99. The van der Waals surface area contributed by atoms with Crippen LogP contribution in [0, 0.1) is 0 Å². The highest BCUT2D eigenvalue weighted by molar-refractivity contribution is 5.78. The van der Waals surface area contributed by atoms with E-state index >= 15 is 0 Å². The minimum absolute atomic E-state index is 0.181. The number of aliphatic hydroxyl groups excluding tert-OH is 1. The molecule has 0 heterocycles. The second-order valence-corrected chi connectivity index (χ2v) is 3.62. The number of carbonyl (C=O) groups excluding carboxylic acids is 1. The molecule has 0 saturated carbocycles. The van der Waals surface area contributed by atoms with Gasteiger partial charge in [0, 0.05) is 6.42 Å². The van der Waals surface area contributed by atoms with Crippen molar-refractivity contribution in [2.75, 3.05) is 7.11 Å². The number of benzene rings is 1. The first-order valence-corrected chi connectivity index (χ1v) is 5.48. The minimum Gasteiger partial charge on any atom is -0.497 e. The highest BCUT2D eigenvalue weighted by Crippen LogP contribution is 2.11. The summed E-state index contributed by atoms with van der Waals surface area (Å²) in [6, 6.07) is 7.52. The number of ether oxygens (including phenoxy) is 1. The van der Waals surface area contributed by atoms with Gasteiger partial charge >= 0.3 is 0 Å². The van der Waals surface area contributed by atoms with Crippen molar-refractivity contribution in [3.63, 3.8) is 0 Å². The summed E-state index contributed by atoms with van der Waals surface area (Å²) in [5, 5.41) is 15.8. The van der Waals surface area contributed by atoms with Crippen molar-refractivity contribution in [1.29, 1.82) is 0 Å². The normalized spacial score (nSPS) is 9.53. The van der Waals surface area contributed by atoms with Gasteiger partial charge in [-0.25, -0.2) is 0 Å². The molecule has 0 aliphatic heterocycles. The van der Waals surface area contributed by atoms with Crippen LogP contribution in [0.1, 0.15) is 25.8 Å². The minimum atomic E-state index is -1.12. The zero-order valence-corrected chi connectivity index (χ0v) is 10.5. The Bertz CT molecular complexity index is 317. The van der Waals surface area contributed by atoms with Crippen LogP contribution in [0.4, 0.5) is 0 Å². The third-order valence-electron chi connectivity index (χ3n) is 1.98. The van der Waals surface area contributed by atoms with Crippen molar-refractivity contribution in [3.05, 3.63) is 29.8 Å². The number of rotatable bonds is 4. The van der Waals surface area contributed by atoms with Gasteiger partial charge in [0.1, 0.15) is 11.5 Å². The zero-order chi connectivity index (χ0) is 13.3. The number of methoxy groups -OCH3 is 1. The molecular formula is C13H20O4. The first-order chi connectivity index (χ1) is 7.99. The largest absolute Gasteiger partial charge is 0.497 e. The van der Waals surface area contributed by atoms with Gasteiger partial charge in [0.05, 0.1) is 7.11 Å². The molecule has 17 heavy (non-hydrogen) atoms. The SMILES string of the molecule is CCC(O)O.COc1ccc(CC(C)=O)cc1. The van der Waals surface area contributed by atoms with Crippen LogP contribution in [-0.4, -0.2) is 29.4 Å². The quantitative estimate of drug-likeness (QED) is 0.783. The molecule has 0 atom stereocenters. The second kappa shape index (κ2) is 8.73.